The summed E-state index contributed by atoms with van der Waals surface area (Å²) in [6, 6.07) is 16.8. The van der Waals surface area contributed by atoms with Gasteiger partial charge in [-0.2, -0.15) is 0 Å². The van der Waals surface area contributed by atoms with E-state index in [1.165, 1.54) is 75.3 Å². The monoisotopic (exact) mass is 420 g/mol. The molecule has 0 unspecified atom stereocenters. The Bertz CT molecular complexity index is 769. The van der Waals surface area contributed by atoms with Crippen molar-refractivity contribution in [2.45, 2.75) is 97.0 Å². The Morgan fingerprint density at radius 3 is 2.19 bits per heavy atom. The van der Waals surface area contributed by atoms with Gasteiger partial charge >= 0.3 is 5.97 Å². The molecule has 2 heteroatoms. The predicted octanol–water partition coefficient (Wildman–Crippen LogP) is 8.38. The van der Waals surface area contributed by atoms with Gasteiger partial charge in [0.15, 0.2) is 0 Å². The van der Waals surface area contributed by atoms with E-state index in [4.69, 9.17) is 4.74 Å². The Labute approximate surface area is 189 Å². The molecule has 1 atom stereocenters. The molecule has 0 heterocycles. The van der Waals surface area contributed by atoms with E-state index >= 15 is 0 Å². The molecular weight excluding hydrogens is 380 g/mol. The standard InChI is InChI=1S/C29H40O2/c1-3-4-5-7-10-23(2)31-29(30)28-21-19-27(20-22-28)26-17-15-25(16-18-26)14-13-24-11-8-6-9-12-24/h15-24H,3-14H2,1-2H3/t23-/m1/s1. The highest BCUT2D eigenvalue weighted by molar-refractivity contribution is 5.90. The molecule has 0 aliphatic heterocycles. The van der Waals surface area contributed by atoms with E-state index in [9.17, 15) is 4.79 Å². The first kappa shape index (κ1) is 23.6. The molecule has 1 saturated carbocycles. The maximum atomic E-state index is 12.4. The molecule has 1 aliphatic rings. The third kappa shape index (κ3) is 7.83. The fourth-order valence-electron chi connectivity index (χ4n) is 4.68. The van der Waals surface area contributed by atoms with Gasteiger partial charge in [-0.05, 0) is 67.3 Å². The van der Waals surface area contributed by atoms with Crippen molar-refractivity contribution in [2.24, 2.45) is 5.92 Å². The number of carbonyl (C=O) groups excluding carboxylic acids is 1. The second-order valence-corrected chi connectivity index (χ2v) is 9.38. The lowest BCUT2D eigenvalue weighted by Crippen LogP contribution is -2.15. The largest absolute Gasteiger partial charge is 0.459 e. The quantitative estimate of drug-likeness (QED) is 0.269. The van der Waals surface area contributed by atoms with Crippen LogP contribution < -0.4 is 0 Å². The Hall–Kier alpha value is -2.09. The van der Waals surface area contributed by atoms with Gasteiger partial charge in [-0.25, -0.2) is 4.79 Å². The van der Waals surface area contributed by atoms with Crippen molar-refractivity contribution >= 4 is 5.97 Å². The van der Waals surface area contributed by atoms with E-state index in [-0.39, 0.29) is 12.1 Å². The average Bonchev–Trinajstić information content (AvgIpc) is 2.81. The first-order valence-corrected chi connectivity index (χ1v) is 12.6. The molecule has 0 N–H and O–H groups in total. The number of hydrogen-bond acceptors (Lipinski definition) is 2. The maximum absolute atomic E-state index is 12.4. The van der Waals surface area contributed by atoms with Crippen LogP contribution in [0.1, 0.15) is 100 Å². The van der Waals surface area contributed by atoms with Crippen molar-refractivity contribution < 1.29 is 9.53 Å². The minimum absolute atomic E-state index is 0.0230. The molecule has 0 bridgehead atoms. The predicted molar refractivity (Wildman–Crippen MR) is 130 cm³/mol. The zero-order valence-electron chi connectivity index (χ0n) is 19.6. The highest BCUT2D eigenvalue weighted by Gasteiger charge is 2.14. The van der Waals surface area contributed by atoms with Crippen molar-refractivity contribution in [2.75, 3.05) is 0 Å². The number of hydrogen-bond donors (Lipinski definition) is 0. The van der Waals surface area contributed by atoms with Gasteiger partial charge < -0.3 is 4.74 Å². The SMILES string of the molecule is CCCCCC[C@@H](C)OC(=O)c1ccc(-c2ccc(CCC3CCCCC3)cc2)cc1. The summed E-state index contributed by atoms with van der Waals surface area (Å²) in [5, 5.41) is 0. The lowest BCUT2D eigenvalue weighted by atomic mass is 9.85. The molecule has 1 fully saturated rings. The smallest absolute Gasteiger partial charge is 0.338 e. The van der Waals surface area contributed by atoms with Crippen LogP contribution >= 0.6 is 0 Å². The van der Waals surface area contributed by atoms with E-state index < -0.39 is 0 Å². The minimum atomic E-state index is -0.215. The van der Waals surface area contributed by atoms with Crippen LogP contribution in [0.5, 0.6) is 0 Å². The van der Waals surface area contributed by atoms with Crippen LogP contribution in [-0.2, 0) is 11.2 Å². The summed E-state index contributed by atoms with van der Waals surface area (Å²) in [6.07, 6.45) is 15.4. The van der Waals surface area contributed by atoms with E-state index in [1.807, 2.05) is 31.2 Å². The highest BCUT2D eigenvalue weighted by Crippen LogP contribution is 2.28. The number of ether oxygens (including phenoxy) is 1. The zero-order chi connectivity index (χ0) is 21.9. The third-order valence-corrected chi connectivity index (χ3v) is 6.75. The normalized spacial score (nSPS) is 15.5. The Morgan fingerprint density at radius 2 is 1.55 bits per heavy atom. The highest BCUT2D eigenvalue weighted by atomic mass is 16.5. The molecule has 3 rings (SSSR count). The molecule has 0 saturated heterocycles. The lowest BCUT2D eigenvalue weighted by molar-refractivity contribution is 0.0319. The van der Waals surface area contributed by atoms with Crippen molar-refractivity contribution in [3.8, 4) is 11.1 Å². The first-order chi connectivity index (χ1) is 15.2. The van der Waals surface area contributed by atoms with E-state index in [2.05, 4.69) is 31.2 Å². The third-order valence-electron chi connectivity index (χ3n) is 6.75. The second kappa shape index (κ2) is 12.7. The second-order valence-electron chi connectivity index (χ2n) is 9.38. The van der Waals surface area contributed by atoms with Gasteiger partial charge in [0, 0.05) is 0 Å². The topological polar surface area (TPSA) is 26.3 Å². The summed E-state index contributed by atoms with van der Waals surface area (Å²) in [7, 11) is 0. The molecule has 0 amide bonds. The number of carbonyl (C=O) groups is 1. The van der Waals surface area contributed by atoms with Gasteiger partial charge in [0.1, 0.15) is 0 Å². The van der Waals surface area contributed by atoms with E-state index in [0.29, 0.717) is 5.56 Å². The molecule has 0 aromatic heterocycles. The molecular formula is C29H40O2. The van der Waals surface area contributed by atoms with Crippen molar-refractivity contribution in [3.63, 3.8) is 0 Å². The lowest BCUT2D eigenvalue weighted by Gasteiger charge is -2.21. The summed E-state index contributed by atoms with van der Waals surface area (Å²) in [5.74, 6) is 0.715. The van der Waals surface area contributed by atoms with Crippen molar-refractivity contribution in [3.05, 3.63) is 59.7 Å². The molecule has 2 nitrogen and oxygen atoms in total. The van der Waals surface area contributed by atoms with Gasteiger partial charge in [0.2, 0.25) is 0 Å². The minimum Gasteiger partial charge on any atom is -0.459 e. The van der Waals surface area contributed by atoms with Gasteiger partial charge in [-0.3, -0.25) is 0 Å². The van der Waals surface area contributed by atoms with Gasteiger partial charge in [0.05, 0.1) is 11.7 Å². The summed E-state index contributed by atoms with van der Waals surface area (Å²) >= 11 is 0. The molecule has 0 spiro atoms. The van der Waals surface area contributed by atoms with Gasteiger partial charge in [-0.1, -0.05) is 94.7 Å². The summed E-state index contributed by atoms with van der Waals surface area (Å²) in [4.78, 5) is 12.4. The number of unbranched alkanes of at least 4 members (excludes halogenated alkanes) is 3. The first-order valence-electron chi connectivity index (χ1n) is 12.6. The van der Waals surface area contributed by atoms with E-state index in [0.717, 1.165) is 24.3 Å². The van der Waals surface area contributed by atoms with Crippen LogP contribution in [0.2, 0.25) is 0 Å². The van der Waals surface area contributed by atoms with Gasteiger partial charge in [-0.15, -0.1) is 0 Å². The van der Waals surface area contributed by atoms with Crippen LogP contribution in [-0.4, -0.2) is 12.1 Å². The fraction of sp³-hybridized carbons (Fsp3) is 0.552. The summed E-state index contributed by atoms with van der Waals surface area (Å²) in [6.45, 7) is 4.20. The number of benzene rings is 2. The molecule has 1 aliphatic carbocycles. The molecule has 2 aromatic rings. The number of rotatable bonds is 11. The van der Waals surface area contributed by atoms with E-state index in [1.54, 1.807) is 0 Å². The van der Waals surface area contributed by atoms with Crippen molar-refractivity contribution in [1.82, 2.24) is 0 Å². The molecule has 31 heavy (non-hydrogen) atoms. The Kier molecular flexibility index (Phi) is 9.65. The maximum Gasteiger partial charge on any atom is 0.338 e. The van der Waals surface area contributed by atoms with Gasteiger partial charge in [0.25, 0.3) is 0 Å². The van der Waals surface area contributed by atoms with Crippen LogP contribution in [0.25, 0.3) is 11.1 Å². The molecule has 168 valence electrons. The summed E-state index contributed by atoms with van der Waals surface area (Å²) in [5.41, 5.74) is 4.41. The van der Waals surface area contributed by atoms with Crippen molar-refractivity contribution in [1.29, 1.82) is 0 Å². The fourth-order valence-corrected chi connectivity index (χ4v) is 4.68. The molecule has 0 radical (unpaired) electrons. The number of aryl methyl sites for hydroxylation is 1. The van der Waals surface area contributed by atoms with Crippen LogP contribution in [0.4, 0.5) is 0 Å². The Balaban J connectivity index is 1.48. The average molecular weight is 421 g/mol. The summed E-state index contributed by atoms with van der Waals surface area (Å²) < 4.78 is 5.62. The van der Waals surface area contributed by atoms with Crippen LogP contribution in [0, 0.1) is 5.92 Å². The van der Waals surface area contributed by atoms with Crippen LogP contribution in [0.3, 0.4) is 0 Å². The number of esters is 1. The Morgan fingerprint density at radius 1 is 0.903 bits per heavy atom. The molecule has 2 aromatic carbocycles. The van der Waals surface area contributed by atoms with Crippen LogP contribution in [0.15, 0.2) is 48.5 Å². The zero-order valence-corrected chi connectivity index (χ0v) is 19.6.